The molecule has 8 nitrogen and oxygen atoms in total. The summed E-state index contributed by atoms with van der Waals surface area (Å²) < 4.78 is 25.8. The smallest absolute Gasteiger partial charge is 0.343 e. The molecule has 10 heteroatoms. The van der Waals surface area contributed by atoms with Gasteiger partial charge in [-0.05, 0) is 42.0 Å². The fraction of sp³-hybridized carbons (Fsp3) is 0. The monoisotopic (exact) mass is 406 g/mol. The number of aromatic nitrogens is 2. The van der Waals surface area contributed by atoms with Crippen molar-refractivity contribution >= 4 is 44.6 Å². The molecule has 0 amide bonds. The molecule has 0 fully saturated rings. The van der Waals surface area contributed by atoms with Crippen LogP contribution in [0.3, 0.4) is 0 Å². The topological polar surface area (TPSA) is 126 Å². The highest BCUT2D eigenvalue weighted by atomic mass is 35.5. The third kappa shape index (κ3) is 3.55. The zero-order valence-electron chi connectivity index (χ0n) is 13.4. The second-order valence-corrected chi connectivity index (χ2v) is 7.66. The fourth-order valence-electron chi connectivity index (χ4n) is 2.44. The summed E-state index contributed by atoms with van der Waals surface area (Å²) in [4.78, 5) is 37.5. The number of carbonyl (C=O) groups is 1. The van der Waals surface area contributed by atoms with Crippen molar-refractivity contribution in [2.45, 2.75) is 4.90 Å². The van der Waals surface area contributed by atoms with E-state index >= 15 is 0 Å². The third-order valence-electron chi connectivity index (χ3n) is 3.64. The number of rotatable bonds is 4. The molecule has 0 aliphatic heterocycles. The van der Waals surface area contributed by atoms with Crippen molar-refractivity contribution in [2.24, 2.45) is 0 Å². The molecule has 3 rings (SSSR count). The van der Waals surface area contributed by atoms with Gasteiger partial charge < -0.3 is 10.1 Å². The van der Waals surface area contributed by atoms with Crippen LogP contribution in [0.2, 0.25) is 5.02 Å². The van der Waals surface area contributed by atoms with Gasteiger partial charge in [-0.15, -0.1) is 3.97 Å². The van der Waals surface area contributed by atoms with Crippen LogP contribution in [-0.4, -0.2) is 28.5 Å². The Balaban J connectivity index is 2.23. The molecule has 0 saturated carbocycles. The molecule has 27 heavy (non-hydrogen) atoms. The van der Waals surface area contributed by atoms with E-state index in [4.69, 9.17) is 16.7 Å². The molecule has 1 aromatic heterocycles. The average Bonchev–Trinajstić information content (AvgIpc) is 2.59. The van der Waals surface area contributed by atoms with Gasteiger partial charge in [0.05, 0.1) is 15.8 Å². The predicted octanol–water partition coefficient (Wildman–Crippen LogP) is 1.68. The second-order valence-electron chi connectivity index (χ2n) is 5.44. The quantitative estimate of drug-likeness (QED) is 0.635. The maximum absolute atomic E-state index is 12.9. The van der Waals surface area contributed by atoms with Crippen molar-refractivity contribution in [1.82, 2.24) is 8.96 Å². The molecule has 0 atom stereocenters. The van der Waals surface area contributed by atoms with Crippen LogP contribution in [-0.2, 0) is 14.8 Å². The Morgan fingerprint density at radius 1 is 1.15 bits per heavy atom. The molecule has 0 spiro atoms. The minimum Gasteiger partial charge on any atom is -0.478 e. The first kappa shape index (κ1) is 18.6. The maximum Gasteiger partial charge on any atom is 0.343 e. The standard InChI is InChI=1S/C17H11ClN2O6S/c18-11-5-6-13-14(9-11)19-17(24)20(16(13)23)27(25,26)12-3-1-2-10(8-12)4-7-15(21)22/h1-9H,(H,19,24)(H,21,22)/b7-4-. The molecule has 3 aromatic rings. The normalized spacial score (nSPS) is 11.9. The van der Waals surface area contributed by atoms with Gasteiger partial charge in [-0.3, -0.25) is 4.79 Å². The maximum atomic E-state index is 12.9. The molecule has 138 valence electrons. The second kappa shape index (κ2) is 6.86. The van der Waals surface area contributed by atoms with Crippen molar-refractivity contribution in [3.8, 4) is 0 Å². The summed E-state index contributed by atoms with van der Waals surface area (Å²) in [5.41, 5.74) is -1.77. The summed E-state index contributed by atoms with van der Waals surface area (Å²) in [5, 5.41) is 8.92. The highest BCUT2D eigenvalue weighted by Gasteiger charge is 2.23. The summed E-state index contributed by atoms with van der Waals surface area (Å²) in [5.74, 6) is -1.20. The first-order valence-corrected chi connectivity index (χ1v) is 9.23. The number of halogens is 1. The molecule has 0 aliphatic carbocycles. The Morgan fingerprint density at radius 3 is 2.59 bits per heavy atom. The Bertz CT molecular complexity index is 1320. The van der Waals surface area contributed by atoms with Crippen LogP contribution in [0.15, 0.2) is 63.0 Å². The van der Waals surface area contributed by atoms with Gasteiger partial charge in [0.25, 0.3) is 15.6 Å². The number of benzene rings is 2. The number of aliphatic carboxylic acids is 1. The lowest BCUT2D eigenvalue weighted by Gasteiger charge is -2.08. The van der Waals surface area contributed by atoms with E-state index in [1.54, 1.807) is 0 Å². The lowest BCUT2D eigenvalue weighted by molar-refractivity contribution is -0.131. The number of nitrogens with zero attached hydrogens (tertiary/aromatic N) is 1. The minimum absolute atomic E-state index is 0.0236. The summed E-state index contributed by atoms with van der Waals surface area (Å²) in [6.45, 7) is 0. The van der Waals surface area contributed by atoms with Gasteiger partial charge in [0.2, 0.25) is 0 Å². The first-order chi connectivity index (χ1) is 12.7. The number of aromatic amines is 1. The predicted molar refractivity (Wildman–Crippen MR) is 99.5 cm³/mol. The van der Waals surface area contributed by atoms with Crippen LogP contribution in [0.5, 0.6) is 0 Å². The van der Waals surface area contributed by atoms with Gasteiger partial charge in [-0.2, -0.15) is 0 Å². The highest BCUT2D eigenvalue weighted by molar-refractivity contribution is 7.90. The van der Waals surface area contributed by atoms with Crippen molar-refractivity contribution in [3.63, 3.8) is 0 Å². The summed E-state index contributed by atoms with van der Waals surface area (Å²) in [7, 11) is -4.52. The Kier molecular flexibility index (Phi) is 4.73. The van der Waals surface area contributed by atoms with E-state index in [2.05, 4.69) is 4.98 Å². The molecule has 0 saturated heterocycles. The zero-order valence-corrected chi connectivity index (χ0v) is 15.0. The molecular weight excluding hydrogens is 396 g/mol. The van der Waals surface area contributed by atoms with E-state index in [0.717, 1.165) is 12.1 Å². The van der Waals surface area contributed by atoms with Gasteiger partial charge in [0.1, 0.15) is 0 Å². The Morgan fingerprint density at radius 2 is 1.89 bits per heavy atom. The number of carboxylic acid groups (broad SMARTS) is 1. The van der Waals surface area contributed by atoms with E-state index < -0.39 is 27.2 Å². The molecular formula is C17H11ClN2O6S. The lowest BCUT2D eigenvalue weighted by Crippen LogP contribution is -2.40. The van der Waals surface area contributed by atoms with Crippen LogP contribution in [0.1, 0.15) is 5.56 Å². The minimum atomic E-state index is -4.52. The van der Waals surface area contributed by atoms with E-state index in [1.807, 2.05) is 0 Å². The van der Waals surface area contributed by atoms with Crippen LogP contribution in [0.4, 0.5) is 0 Å². The SMILES string of the molecule is O=C(O)/C=C\c1cccc(S(=O)(=O)n2c(=O)[nH]c3cc(Cl)ccc3c2=O)c1. The van der Waals surface area contributed by atoms with Crippen LogP contribution in [0, 0.1) is 0 Å². The van der Waals surface area contributed by atoms with E-state index in [9.17, 15) is 22.8 Å². The van der Waals surface area contributed by atoms with Crippen LogP contribution < -0.4 is 11.2 Å². The molecule has 1 heterocycles. The Labute approximate surface area is 157 Å². The van der Waals surface area contributed by atoms with E-state index in [-0.39, 0.29) is 30.4 Å². The van der Waals surface area contributed by atoms with Gasteiger partial charge in [0.15, 0.2) is 0 Å². The molecule has 0 bridgehead atoms. The number of fused-ring (bicyclic) bond motifs is 1. The number of hydrogen-bond donors (Lipinski definition) is 2. The summed E-state index contributed by atoms with van der Waals surface area (Å²) in [6.07, 6.45) is 2.03. The molecule has 0 unspecified atom stereocenters. The van der Waals surface area contributed by atoms with Gasteiger partial charge in [-0.1, -0.05) is 23.7 Å². The number of carboxylic acids is 1. The fourth-order valence-corrected chi connectivity index (χ4v) is 3.94. The average molecular weight is 407 g/mol. The number of hydrogen-bond acceptors (Lipinski definition) is 5. The van der Waals surface area contributed by atoms with E-state index in [1.165, 1.54) is 42.5 Å². The molecule has 0 radical (unpaired) electrons. The zero-order chi connectivity index (χ0) is 19.8. The number of H-pyrrole nitrogens is 1. The largest absolute Gasteiger partial charge is 0.478 e. The third-order valence-corrected chi connectivity index (χ3v) is 5.53. The number of nitrogens with one attached hydrogen (secondary N) is 1. The van der Waals surface area contributed by atoms with Crippen LogP contribution in [0.25, 0.3) is 17.0 Å². The van der Waals surface area contributed by atoms with Crippen molar-refractivity contribution in [3.05, 3.63) is 80.0 Å². The Hall–Kier alpha value is -3.17. The van der Waals surface area contributed by atoms with Crippen molar-refractivity contribution in [2.75, 3.05) is 0 Å². The van der Waals surface area contributed by atoms with Crippen molar-refractivity contribution in [1.29, 1.82) is 0 Å². The summed E-state index contributed by atoms with van der Waals surface area (Å²) in [6, 6.07) is 9.26. The van der Waals surface area contributed by atoms with E-state index in [0.29, 0.717) is 0 Å². The molecule has 2 N–H and O–H groups in total. The van der Waals surface area contributed by atoms with Gasteiger partial charge >= 0.3 is 11.7 Å². The lowest BCUT2D eigenvalue weighted by atomic mass is 10.2. The van der Waals surface area contributed by atoms with Gasteiger partial charge in [-0.25, -0.2) is 18.0 Å². The van der Waals surface area contributed by atoms with Crippen LogP contribution >= 0.6 is 11.6 Å². The van der Waals surface area contributed by atoms with Gasteiger partial charge in [0, 0.05) is 11.1 Å². The highest BCUT2D eigenvalue weighted by Crippen LogP contribution is 2.17. The van der Waals surface area contributed by atoms with Crippen molar-refractivity contribution < 1.29 is 18.3 Å². The molecule has 2 aromatic carbocycles. The molecule has 0 aliphatic rings. The summed E-state index contributed by atoms with van der Waals surface area (Å²) >= 11 is 5.82. The first-order valence-electron chi connectivity index (χ1n) is 7.41.